The van der Waals surface area contributed by atoms with Crippen LogP contribution in [0, 0.1) is 0 Å². The van der Waals surface area contributed by atoms with Crippen molar-refractivity contribution >= 4 is 23.1 Å². The first-order valence-electron chi connectivity index (χ1n) is 7.23. The third-order valence-corrected chi connectivity index (χ3v) is 3.40. The van der Waals surface area contributed by atoms with Crippen LogP contribution in [0.2, 0.25) is 0 Å². The Kier molecular flexibility index (Phi) is 4.29. The zero-order chi connectivity index (χ0) is 16.1. The predicted molar refractivity (Wildman–Crippen MR) is 90.9 cm³/mol. The fourth-order valence-corrected chi connectivity index (χ4v) is 2.13. The van der Waals surface area contributed by atoms with Crippen LogP contribution in [-0.2, 0) is 0 Å². The molecule has 5 nitrogen and oxygen atoms in total. The van der Waals surface area contributed by atoms with E-state index >= 15 is 0 Å². The van der Waals surface area contributed by atoms with Gasteiger partial charge in [-0.25, -0.2) is 0 Å². The number of nitrogens with zero attached hydrogens (tertiary/aromatic N) is 3. The summed E-state index contributed by atoms with van der Waals surface area (Å²) in [6, 6.07) is 22.5. The Morgan fingerprint density at radius 1 is 0.870 bits per heavy atom. The highest BCUT2D eigenvalue weighted by Crippen LogP contribution is 2.20. The van der Waals surface area contributed by atoms with Crippen LogP contribution < -0.4 is 10.2 Å². The van der Waals surface area contributed by atoms with Gasteiger partial charge < -0.3 is 10.2 Å². The molecule has 3 rings (SSSR count). The first-order valence-corrected chi connectivity index (χ1v) is 7.23. The third-order valence-electron chi connectivity index (χ3n) is 3.40. The van der Waals surface area contributed by atoms with E-state index in [1.54, 1.807) is 12.1 Å². The number of nitrogens with one attached hydrogen (secondary N) is 1. The van der Waals surface area contributed by atoms with Crippen molar-refractivity contribution in [3.8, 4) is 0 Å². The molecule has 0 bridgehead atoms. The highest BCUT2D eigenvalue weighted by Gasteiger charge is 2.10. The lowest BCUT2D eigenvalue weighted by atomic mass is 10.3. The van der Waals surface area contributed by atoms with E-state index in [1.807, 2.05) is 72.6 Å². The molecule has 0 radical (unpaired) electrons. The van der Waals surface area contributed by atoms with E-state index in [2.05, 4.69) is 15.5 Å². The second-order valence-electron chi connectivity index (χ2n) is 4.99. The smallest absolute Gasteiger partial charge is 0.276 e. The molecule has 1 aromatic heterocycles. The van der Waals surface area contributed by atoms with Crippen molar-refractivity contribution in [2.45, 2.75) is 0 Å². The summed E-state index contributed by atoms with van der Waals surface area (Å²) in [7, 11) is 1.91. The number of anilines is 3. The van der Waals surface area contributed by atoms with Crippen LogP contribution in [0.3, 0.4) is 0 Å². The number of para-hydroxylation sites is 2. The third kappa shape index (κ3) is 3.52. The lowest BCUT2D eigenvalue weighted by Gasteiger charge is -2.17. The van der Waals surface area contributed by atoms with Gasteiger partial charge in [-0.05, 0) is 36.4 Å². The molecule has 0 atom stereocenters. The summed E-state index contributed by atoms with van der Waals surface area (Å²) >= 11 is 0. The fraction of sp³-hybridized carbons (Fsp3) is 0.0556. The number of hydrogen-bond donors (Lipinski definition) is 1. The average Bonchev–Trinajstić information content (AvgIpc) is 2.63. The van der Waals surface area contributed by atoms with Gasteiger partial charge in [0, 0.05) is 18.4 Å². The maximum atomic E-state index is 12.1. The van der Waals surface area contributed by atoms with Gasteiger partial charge in [-0.2, -0.15) is 0 Å². The Hall–Kier alpha value is -3.21. The van der Waals surface area contributed by atoms with Gasteiger partial charge in [-0.3, -0.25) is 4.79 Å². The van der Waals surface area contributed by atoms with Gasteiger partial charge in [0.2, 0.25) is 0 Å². The number of rotatable bonds is 4. The molecule has 0 fully saturated rings. The molecule has 1 amide bonds. The first kappa shape index (κ1) is 14.7. The van der Waals surface area contributed by atoms with Crippen molar-refractivity contribution < 1.29 is 4.79 Å². The van der Waals surface area contributed by atoms with E-state index in [0.717, 1.165) is 11.4 Å². The Morgan fingerprint density at radius 2 is 1.52 bits per heavy atom. The first-order chi connectivity index (χ1) is 11.2. The molecule has 0 aliphatic carbocycles. The molecule has 5 heteroatoms. The van der Waals surface area contributed by atoms with Gasteiger partial charge >= 0.3 is 0 Å². The zero-order valence-electron chi connectivity index (χ0n) is 12.7. The van der Waals surface area contributed by atoms with Crippen molar-refractivity contribution in [3.05, 3.63) is 78.5 Å². The van der Waals surface area contributed by atoms with Gasteiger partial charge in [-0.15, -0.1) is 10.2 Å². The summed E-state index contributed by atoms with van der Waals surface area (Å²) < 4.78 is 0. The summed E-state index contributed by atoms with van der Waals surface area (Å²) in [5, 5.41) is 10.9. The minimum Gasteiger partial charge on any atom is -0.328 e. The van der Waals surface area contributed by atoms with Gasteiger partial charge in [0.05, 0.1) is 0 Å². The molecular weight excluding hydrogens is 288 g/mol. The Bertz CT molecular complexity index is 773. The topological polar surface area (TPSA) is 58.1 Å². The quantitative estimate of drug-likeness (QED) is 0.801. The Labute approximate surface area is 134 Å². The van der Waals surface area contributed by atoms with Crippen LogP contribution >= 0.6 is 0 Å². The minimum absolute atomic E-state index is 0.277. The number of carbonyl (C=O) groups is 1. The van der Waals surface area contributed by atoms with Crippen molar-refractivity contribution in [3.63, 3.8) is 0 Å². The molecule has 114 valence electrons. The number of benzene rings is 2. The minimum atomic E-state index is -0.280. The molecule has 2 aromatic carbocycles. The van der Waals surface area contributed by atoms with Gasteiger partial charge in [0.1, 0.15) is 0 Å². The van der Waals surface area contributed by atoms with Crippen LogP contribution in [-0.4, -0.2) is 23.2 Å². The molecule has 0 aliphatic rings. The van der Waals surface area contributed by atoms with Crippen LogP contribution in [0.15, 0.2) is 72.8 Å². The number of amides is 1. The largest absolute Gasteiger partial charge is 0.328 e. The average molecular weight is 304 g/mol. The summed E-state index contributed by atoms with van der Waals surface area (Å²) in [5.74, 6) is 0.394. The second-order valence-corrected chi connectivity index (χ2v) is 4.99. The van der Waals surface area contributed by atoms with E-state index < -0.39 is 0 Å². The molecule has 23 heavy (non-hydrogen) atoms. The maximum absolute atomic E-state index is 12.1. The van der Waals surface area contributed by atoms with E-state index in [0.29, 0.717) is 5.82 Å². The van der Waals surface area contributed by atoms with E-state index in [9.17, 15) is 4.79 Å². The van der Waals surface area contributed by atoms with Gasteiger partial charge in [0.15, 0.2) is 11.5 Å². The molecule has 1 heterocycles. The Balaban J connectivity index is 1.73. The number of carbonyl (C=O) groups excluding carboxylic acids is 1. The monoisotopic (exact) mass is 304 g/mol. The highest BCUT2D eigenvalue weighted by atomic mass is 16.1. The predicted octanol–water partition coefficient (Wildman–Crippen LogP) is 3.50. The van der Waals surface area contributed by atoms with E-state index in [-0.39, 0.29) is 11.6 Å². The molecule has 0 unspecified atom stereocenters. The van der Waals surface area contributed by atoms with Crippen LogP contribution in [0.5, 0.6) is 0 Å². The van der Waals surface area contributed by atoms with Crippen molar-refractivity contribution in [2.24, 2.45) is 0 Å². The molecule has 0 spiro atoms. The zero-order valence-corrected chi connectivity index (χ0v) is 12.7. The molecule has 1 N–H and O–H groups in total. The molecule has 0 aliphatic heterocycles. The summed E-state index contributed by atoms with van der Waals surface area (Å²) in [6.07, 6.45) is 0. The lowest BCUT2D eigenvalue weighted by Crippen LogP contribution is -2.16. The summed E-state index contributed by atoms with van der Waals surface area (Å²) in [6.45, 7) is 0. The lowest BCUT2D eigenvalue weighted by molar-refractivity contribution is 0.102. The van der Waals surface area contributed by atoms with E-state index in [4.69, 9.17) is 0 Å². The van der Waals surface area contributed by atoms with Crippen LogP contribution in [0.4, 0.5) is 17.2 Å². The summed E-state index contributed by atoms with van der Waals surface area (Å²) in [4.78, 5) is 14.0. The van der Waals surface area contributed by atoms with Crippen molar-refractivity contribution in [1.82, 2.24) is 10.2 Å². The second kappa shape index (κ2) is 6.70. The van der Waals surface area contributed by atoms with Crippen molar-refractivity contribution in [2.75, 3.05) is 17.3 Å². The molecule has 3 aromatic rings. The maximum Gasteiger partial charge on any atom is 0.276 e. The van der Waals surface area contributed by atoms with Crippen molar-refractivity contribution in [1.29, 1.82) is 0 Å². The molecule has 0 saturated carbocycles. The van der Waals surface area contributed by atoms with E-state index in [1.165, 1.54) is 0 Å². The fourth-order valence-electron chi connectivity index (χ4n) is 2.13. The van der Waals surface area contributed by atoms with Gasteiger partial charge in [0.25, 0.3) is 5.91 Å². The van der Waals surface area contributed by atoms with Crippen LogP contribution in [0.1, 0.15) is 10.5 Å². The number of aromatic nitrogens is 2. The molecular formula is C18H16N4O. The highest BCUT2D eigenvalue weighted by molar-refractivity contribution is 6.02. The van der Waals surface area contributed by atoms with Gasteiger partial charge in [-0.1, -0.05) is 36.4 Å². The normalized spacial score (nSPS) is 10.1. The number of hydrogen-bond acceptors (Lipinski definition) is 4. The molecule has 0 saturated heterocycles. The summed E-state index contributed by atoms with van der Waals surface area (Å²) in [5.41, 5.74) is 2.01. The SMILES string of the molecule is CN(c1ccccc1)c1ccc(C(=O)Nc2ccccc2)nn1. The Morgan fingerprint density at radius 3 is 2.13 bits per heavy atom. The van der Waals surface area contributed by atoms with Crippen LogP contribution in [0.25, 0.3) is 0 Å². The standard InChI is InChI=1S/C18H16N4O/c1-22(15-10-6-3-7-11-15)17-13-12-16(20-21-17)18(23)19-14-8-4-2-5-9-14/h2-13H,1H3,(H,19,23).